The third-order valence-electron chi connectivity index (χ3n) is 3.19. The zero-order chi connectivity index (χ0) is 30.4. The normalized spacial score (nSPS) is 11.6. The zero-order valence-electron chi connectivity index (χ0n) is 21.2. The summed E-state index contributed by atoms with van der Waals surface area (Å²) in [5.74, 6) is -5.77. The van der Waals surface area contributed by atoms with E-state index in [0.29, 0.717) is 25.6 Å². The predicted octanol–water partition coefficient (Wildman–Crippen LogP) is 8.74. The molecule has 0 saturated heterocycles. The Balaban J connectivity index is -0.000000102. The molecule has 0 aromatic heterocycles. The van der Waals surface area contributed by atoms with Crippen LogP contribution in [-0.4, -0.2) is 50.4 Å². The molecule has 0 spiro atoms. The van der Waals surface area contributed by atoms with Gasteiger partial charge in [0.05, 0.1) is 7.18 Å². The first kappa shape index (κ1) is 46.9. The number of alkyl halides is 11. The van der Waals surface area contributed by atoms with Crippen LogP contribution in [0.4, 0.5) is 48.3 Å². The Hall–Kier alpha value is -3.34. The van der Waals surface area contributed by atoms with Crippen molar-refractivity contribution in [3.8, 4) is 0 Å². The first-order chi connectivity index (χ1) is 16.1. The van der Waals surface area contributed by atoms with E-state index in [9.17, 15) is 57.9 Å². The van der Waals surface area contributed by atoms with E-state index in [1.54, 1.807) is 0 Å². The van der Waals surface area contributed by atoms with Gasteiger partial charge in [0, 0.05) is 6.42 Å². The maximum absolute atomic E-state index is 12.9. The molecule has 0 aliphatic carbocycles. The van der Waals surface area contributed by atoms with E-state index in [-0.39, 0.29) is 0 Å². The third-order valence-corrected chi connectivity index (χ3v) is 3.19. The largest absolute Gasteiger partial charge is 0.400 e. The second-order valence-electron chi connectivity index (χ2n) is 6.94. The molecule has 14 heteroatoms. The first-order valence-corrected chi connectivity index (χ1v) is 9.89. The quantitative estimate of drug-likeness (QED) is 0.140. The van der Waals surface area contributed by atoms with Gasteiger partial charge in [0.2, 0.25) is 6.93 Å². The fourth-order valence-electron chi connectivity index (χ4n) is 1.69. The number of Topliss-reactive ketones (excluding diaryl/α,β-unsaturated/α-hetero) is 2. The minimum Gasteiger partial charge on any atom is -0.291 e. The number of rotatable bonds is 8. The maximum atomic E-state index is 12.9. The van der Waals surface area contributed by atoms with Crippen molar-refractivity contribution in [2.24, 2.45) is 5.92 Å². The molecule has 0 fully saturated rings. The van der Waals surface area contributed by atoms with Crippen molar-refractivity contribution in [2.75, 3.05) is 14.1 Å². The summed E-state index contributed by atoms with van der Waals surface area (Å²) in [6, 6.07) is 0. The topological polar surface area (TPSA) is 34.1 Å². The van der Waals surface area contributed by atoms with Crippen molar-refractivity contribution in [2.45, 2.75) is 71.7 Å². The molecule has 0 bridgehead atoms. The molecule has 0 aromatic rings. The summed E-state index contributed by atoms with van der Waals surface area (Å²) in [6.07, 6.45) is -16.4. The van der Waals surface area contributed by atoms with Gasteiger partial charge in [-0.2, -0.15) is 26.3 Å². The summed E-state index contributed by atoms with van der Waals surface area (Å²) in [6.45, 7) is 17.7. The van der Waals surface area contributed by atoms with Crippen molar-refractivity contribution < 1.29 is 57.9 Å². The molecule has 226 valence electrons. The van der Waals surface area contributed by atoms with Gasteiger partial charge in [0.1, 0.15) is 0 Å². The van der Waals surface area contributed by atoms with Gasteiger partial charge in [-0.05, 0) is 31.4 Å². The molecular weight excluding hydrogens is 768 g/mol. The summed E-state index contributed by atoms with van der Waals surface area (Å²) in [7, 11) is 0.500. The van der Waals surface area contributed by atoms with E-state index in [1.165, 1.54) is 6.92 Å². The van der Waals surface area contributed by atoms with Gasteiger partial charge >= 0.3 is 12.4 Å². The van der Waals surface area contributed by atoms with Crippen molar-refractivity contribution in [1.29, 1.82) is 0 Å². The number of hydrogen-bond donors (Lipinski definition) is 0. The number of ketones is 2. The molecule has 0 rings (SSSR count). The molecule has 2 nitrogen and oxygen atoms in total. The van der Waals surface area contributed by atoms with Crippen LogP contribution in [-0.2, 0) is 9.59 Å². The summed E-state index contributed by atoms with van der Waals surface area (Å²) in [4.78, 5) is 21.6. The molecule has 0 heterocycles. The number of carbonyl (C=O) groups excluding carboxylic acids is 2. The van der Waals surface area contributed by atoms with Crippen molar-refractivity contribution in [3.63, 3.8) is 0 Å². The second-order valence-corrected chi connectivity index (χ2v) is 6.94. The molecule has 2 unspecified atom stereocenters. The molecule has 0 amide bonds. The summed E-state index contributed by atoms with van der Waals surface area (Å²) < 4.78 is 126. The fraction of sp³-hybridized carbons (Fsp3) is 0.609. The molecule has 0 aliphatic heterocycles. The molecule has 0 radical (unpaired) electrons. The molecule has 37 heavy (non-hydrogen) atoms. The summed E-state index contributed by atoms with van der Waals surface area (Å²) >= 11 is 0. The minimum atomic E-state index is -5.64. The van der Waals surface area contributed by atoms with Gasteiger partial charge in [-0.1, -0.05) is 33.4 Å². The SMILES string of the molecule is C=C(C)C(=O)C(F)CC(C(F)(F)F)C(F)(F)F.C=C(C)C(=O)C(F)CCC.C=C([CH2-])C.CF.FCF.[Cf]. The maximum Gasteiger partial charge on any atom is 0.400 e. The average molecular weight is 803 g/mol. The van der Waals surface area contributed by atoms with Crippen molar-refractivity contribution in [1.82, 2.24) is 0 Å². The Morgan fingerprint density at radius 1 is 0.784 bits per heavy atom. The van der Waals surface area contributed by atoms with E-state index >= 15 is 0 Å². The smallest absolute Gasteiger partial charge is 0.291 e. The van der Waals surface area contributed by atoms with Gasteiger partial charge in [-0.25, -0.2) is 36.6 Å². The van der Waals surface area contributed by atoms with Gasteiger partial charge in [-0.3, -0.25) is 14.0 Å². The molecular formula is C23H34CfF11O2-. The predicted molar refractivity (Wildman–Crippen MR) is 119 cm³/mol. The van der Waals surface area contributed by atoms with Gasteiger partial charge in [0.15, 0.2) is 29.8 Å². The van der Waals surface area contributed by atoms with Crippen molar-refractivity contribution >= 4 is 11.6 Å². The number of allylic oxidation sites excluding steroid dienone is 3. The Bertz CT molecular complexity index is 628. The van der Waals surface area contributed by atoms with Crippen LogP contribution in [0.15, 0.2) is 36.5 Å². The number of halogens is 11. The van der Waals surface area contributed by atoms with E-state index in [1.807, 2.05) is 13.8 Å². The van der Waals surface area contributed by atoms with Crippen molar-refractivity contribution in [3.05, 3.63) is 43.4 Å². The molecule has 0 aliphatic rings. The summed E-state index contributed by atoms with van der Waals surface area (Å²) in [5, 5.41) is 0. The van der Waals surface area contributed by atoms with Gasteiger partial charge in [0.25, 0.3) is 0 Å². The standard InChI is InChI=1S/C9H9F7O.C8H13FO.C4H7.CH2F2.CH3F.Cf/c1-4(2)7(17)5(10)3-6(8(11,12)13)9(14,15)16;1-4-5-7(9)8(10)6(2)3;1-4(2)3;2-1-3;1-2;/h5-6H,1,3H2,2H3;7H,2,4-5H2,1,3H3;1-2H2,3H3;1H2;1H3;/q;;-1;;;. The minimum absolute atomic E-state index is 0. The van der Waals surface area contributed by atoms with Crippen LogP contribution in [0.25, 0.3) is 0 Å². The second kappa shape index (κ2) is 24.4. The molecule has 2 atom stereocenters. The van der Waals surface area contributed by atoms with Gasteiger partial charge in [-0.15, -0.1) is 0 Å². The van der Waals surface area contributed by atoms with Gasteiger partial charge < -0.3 is 0 Å². The van der Waals surface area contributed by atoms with Crippen LogP contribution in [0.1, 0.15) is 47.0 Å². The van der Waals surface area contributed by atoms with Crippen LogP contribution in [0, 0.1) is 12.8 Å². The van der Waals surface area contributed by atoms with Crippen LogP contribution in [0.2, 0.25) is 0 Å². The Morgan fingerprint density at radius 3 is 1.22 bits per heavy atom. The fourth-order valence-corrected chi connectivity index (χ4v) is 1.69. The molecule has 0 saturated carbocycles. The van der Waals surface area contributed by atoms with E-state index in [4.69, 9.17) is 0 Å². The third kappa shape index (κ3) is 30.6. The van der Waals surface area contributed by atoms with Crippen LogP contribution in [0.3, 0.4) is 0 Å². The van der Waals surface area contributed by atoms with E-state index < -0.39 is 61.1 Å². The van der Waals surface area contributed by atoms with E-state index in [0.717, 1.165) is 12.5 Å². The molecule has 0 aromatic carbocycles. The summed E-state index contributed by atoms with van der Waals surface area (Å²) in [5.41, 5.74) is 0.793. The zero-order valence-corrected chi connectivity index (χ0v) is 23.8. The van der Waals surface area contributed by atoms with Crippen LogP contribution in [0.5, 0.6) is 0 Å². The Kier molecular flexibility index (Phi) is 30.9. The number of hydrogen-bond acceptors (Lipinski definition) is 2. The Morgan fingerprint density at radius 2 is 1.03 bits per heavy atom. The monoisotopic (exact) mass is 800 g/mol. The number of carbonyl (C=O) groups is 2. The Labute approximate surface area is 205 Å². The first-order valence-electron chi connectivity index (χ1n) is 9.89. The van der Waals surface area contributed by atoms with E-state index in [2.05, 4.69) is 26.7 Å². The average Bonchev–Trinajstić information content (AvgIpc) is 2.71. The van der Waals surface area contributed by atoms with Crippen LogP contribution < -0.4 is 0 Å². The van der Waals surface area contributed by atoms with Crippen LogP contribution >= 0.6 is 0 Å². The molecule has 0 N–H and O–H groups in total.